The van der Waals surface area contributed by atoms with Crippen LogP contribution in [0.25, 0.3) is 0 Å². The molecule has 0 aliphatic carbocycles. The molecule has 0 amide bonds. The van der Waals surface area contributed by atoms with Gasteiger partial charge in [-0.1, -0.05) is 51.9 Å². The summed E-state index contributed by atoms with van der Waals surface area (Å²) < 4.78 is 0.871. The Morgan fingerprint density at radius 1 is 1.26 bits per heavy atom. The summed E-state index contributed by atoms with van der Waals surface area (Å²) in [5.74, 6) is 0. The molecule has 0 saturated carbocycles. The maximum atomic E-state index is 6.05. The molecule has 1 saturated heterocycles. The van der Waals surface area contributed by atoms with E-state index in [2.05, 4.69) is 40.5 Å². The van der Waals surface area contributed by atoms with Gasteiger partial charge in [-0.15, -0.1) is 0 Å². The fraction of sp³-hybridized carbons (Fsp3) is 0.600. The van der Waals surface area contributed by atoms with Crippen LogP contribution in [0.2, 0.25) is 10.0 Å². The van der Waals surface area contributed by atoms with Gasteiger partial charge in [0.05, 0.1) is 10.0 Å². The van der Waals surface area contributed by atoms with Crippen LogP contribution in [-0.4, -0.2) is 28.0 Å². The van der Waals surface area contributed by atoms with E-state index >= 15 is 0 Å². The summed E-state index contributed by atoms with van der Waals surface area (Å²) >= 11 is 14.6. The summed E-state index contributed by atoms with van der Waals surface area (Å²) in [6.07, 6.45) is 4.92. The number of likely N-dealkylation sites (tertiary alicyclic amines) is 1. The highest BCUT2D eigenvalue weighted by atomic mass is 127. The van der Waals surface area contributed by atoms with Crippen LogP contribution in [-0.2, 0) is 6.42 Å². The molecule has 0 bridgehead atoms. The van der Waals surface area contributed by atoms with Crippen LogP contribution in [0.5, 0.6) is 0 Å². The number of rotatable bonds is 4. The zero-order valence-electron chi connectivity index (χ0n) is 11.2. The largest absolute Gasteiger partial charge is 0.301 e. The third-order valence-corrected chi connectivity index (χ3v) is 5.90. The lowest BCUT2D eigenvalue weighted by molar-refractivity contribution is 0.172. The Balaban J connectivity index is 1.82. The topological polar surface area (TPSA) is 3.24 Å². The van der Waals surface area contributed by atoms with Crippen molar-refractivity contribution in [1.29, 1.82) is 0 Å². The minimum Gasteiger partial charge on any atom is -0.301 e. The first-order valence-corrected chi connectivity index (χ1v) is 8.88. The number of halogens is 3. The molecule has 1 atom stereocenters. The molecule has 1 unspecified atom stereocenters. The van der Waals surface area contributed by atoms with Crippen molar-refractivity contribution >= 4 is 45.8 Å². The maximum Gasteiger partial charge on any atom is 0.0595 e. The highest BCUT2D eigenvalue weighted by Gasteiger charge is 2.20. The van der Waals surface area contributed by atoms with Gasteiger partial charge < -0.3 is 4.90 Å². The second-order valence-corrected chi connectivity index (χ2v) is 7.92. The predicted molar refractivity (Wildman–Crippen MR) is 92.9 cm³/mol. The first kappa shape index (κ1) is 15.9. The van der Waals surface area contributed by atoms with Crippen molar-refractivity contribution in [2.45, 2.75) is 42.6 Å². The van der Waals surface area contributed by atoms with E-state index in [0.717, 1.165) is 10.3 Å². The summed E-state index contributed by atoms with van der Waals surface area (Å²) in [7, 11) is 0. The maximum absolute atomic E-state index is 6.05. The average Bonchev–Trinajstić information content (AvgIpc) is 2.40. The fourth-order valence-electron chi connectivity index (χ4n) is 2.56. The number of hydrogen-bond donors (Lipinski definition) is 0. The zero-order chi connectivity index (χ0) is 13.8. The van der Waals surface area contributed by atoms with E-state index in [9.17, 15) is 0 Å². The Hall–Kier alpha value is 0.490. The van der Waals surface area contributed by atoms with Gasteiger partial charge in [-0.3, -0.25) is 0 Å². The van der Waals surface area contributed by atoms with E-state index in [0.29, 0.717) is 16.1 Å². The van der Waals surface area contributed by atoms with Gasteiger partial charge in [-0.2, -0.15) is 0 Å². The number of aryl methyl sites for hydroxylation is 1. The van der Waals surface area contributed by atoms with Gasteiger partial charge in [0, 0.05) is 9.97 Å². The Morgan fingerprint density at radius 2 is 1.95 bits per heavy atom. The number of alkyl halides is 1. The molecule has 1 aromatic rings. The van der Waals surface area contributed by atoms with Gasteiger partial charge in [0.2, 0.25) is 0 Å². The zero-order valence-corrected chi connectivity index (χ0v) is 14.9. The molecule has 106 valence electrons. The van der Waals surface area contributed by atoms with Crippen LogP contribution in [0.1, 0.15) is 31.7 Å². The van der Waals surface area contributed by atoms with Crippen molar-refractivity contribution in [2.24, 2.45) is 0 Å². The van der Waals surface area contributed by atoms with E-state index in [1.165, 1.54) is 37.9 Å². The molecule has 19 heavy (non-hydrogen) atoms. The molecule has 0 radical (unpaired) electrons. The van der Waals surface area contributed by atoms with Crippen LogP contribution in [0, 0.1) is 0 Å². The van der Waals surface area contributed by atoms with E-state index in [1.54, 1.807) is 0 Å². The Kier molecular flexibility index (Phi) is 6.25. The van der Waals surface area contributed by atoms with Crippen molar-refractivity contribution in [3.05, 3.63) is 33.8 Å². The second-order valence-electron chi connectivity index (χ2n) is 5.35. The third kappa shape index (κ3) is 4.76. The predicted octanol–water partition coefficient (Wildman–Crippen LogP) is 5.21. The van der Waals surface area contributed by atoms with E-state index in [1.807, 2.05) is 12.1 Å². The van der Waals surface area contributed by atoms with Gasteiger partial charge in [0.25, 0.3) is 0 Å². The summed E-state index contributed by atoms with van der Waals surface area (Å²) in [6.45, 7) is 4.83. The van der Waals surface area contributed by atoms with Crippen LogP contribution in [0.4, 0.5) is 0 Å². The quantitative estimate of drug-likeness (QED) is 0.485. The Morgan fingerprint density at radius 3 is 2.58 bits per heavy atom. The molecule has 1 heterocycles. The van der Waals surface area contributed by atoms with Gasteiger partial charge in [0.15, 0.2) is 0 Å². The van der Waals surface area contributed by atoms with E-state index in [4.69, 9.17) is 23.2 Å². The molecular formula is C15H20Cl2IN. The molecule has 2 rings (SSSR count). The van der Waals surface area contributed by atoms with Gasteiger partial charge in [-0.05, 0) is 63.4 Å². The second kappa shape index (κ2) is 7.48. The first-order valence-electron chi connectivity index (χ1n) is 6.88. The van der Waals surface area contributed by atoms with Crippen LogP contribution in [0.15, 0.2) is 18.2 Å². The minimum absolute atomic E-state index is 0.641. The van der Waals surface area contributed by atoms with Crippen molar-refractivity contribution in [3.63, 3.8) is 0 Å². The molecular weight excluding hydrogens is 392 g/mol. The average molecular weight is 412 g/mol. The van der Waals surface area contributed by atoms with E-state index < -0.39 is 0 Å². The van der Waals surface area contributed by atoms with Crippen molar-refractivity contribution in [3.8, 4) is 0 Å². The highest BCUT2D eigenvalue weighted by molar-refractivity contribution is 14.1. The summed E-state index contributed by atoms with van der Waals surface area (Å²) in [4.78, 5) is 2.62. The lowest BCUT2D eigenvalue weighted by Crippen LogP contribution is -2.40. The van der Waals surface area contributed by atoms with Crippen molar-refractivity contribution in [1.82, 2.24) is 4.90 Å². The number of piperidine rings is 1. The summed E-state index contributed by atoms with van der Waals surface area (Å²) in [5.41, 5.74) is 1.28. The lowest BCUT2D eigenvalue weighted by atomic mass is 10.0. The number of benzene rings is 1. The van der Waals surface area contributed by atoms with E-state index in [-0.39, 0.29) is 0 Å². The van der Waals surface area contributed by atoms with Gasteiger partial charge >= 0.3 is 0 Å². The first-order chi connectivity index (χ1) is 9.06. The van der Waals surface area contributed by atoms with Crippen molar-refractivity contribution in [2.75, 3.05) is 13.1 Å². The van der Waals surface area contributed by atoms with Crippen LogP contribution in [0.3, 0.4) is 0 Å². The normalized spacial score (nSPS) is 19.6. The smallest absolute Gasteiger partial charge is 0.0595 e. The monoisotopic (exact) mass is 411 g/mol. The minimum atomic E-state index is 0.641. The standard InChI is InChI=1S/C15H20Cl2IN/c1-11(19-8-6-13(18)7-9-19)2-3-12-4-5-14(16)15(17)10-12/h4-5,10-11,13H,2-3,6-9H2,1H3. The summed E-state index contributed by atoms with van der Waals surface area (Å²) in [6, 6.07) is 6.62. The lowest BCUT2D eigenvalue weighted by Gasteiger charge is -2.34. The molecule has 0 spiro atoms. The third-order valence-electron chi connectivity index (χ3n) is 3.92. The molecule has 0 aromatic heterocycles. The highest BCUT2D eigenvalue weighted by Crippen LogP contribution is 2.24. The molecule has 0 N–H and O–H groups in total. The number of hydrogen-bond acceptors (Lipinski definition) is 1. The molecule has 1 aromatic carbocycles. The molecule has 1 aliphatic rings. The molecule has 1 fully saturated rings. The van der Waals surface area contributed by atoms with Gasteiger partial charge in [0.1, 0.15) is 0 Å². The fourth-order valence-corrected chi connectivity index (χ4v) is 3.44. The van der Waals surface area contributed by atoms with Gasteiger partial charge in [-0.25, -0.2) is 0 Å². The molecule has 1 nitrogen and oxygen atoms in total. The molecule has 4 heteroatoms. The van der Waals surface area contributed by atoms with Crippen molar-refractivity contribution < 1.29 is 0 Å². The van der Waals surface area contributed by atoms with Crippen LogP contribution < -0.4 is 0 Å². The Bertz CT molecular complexity index is 417. The molecule has 1 aliphatic heterocycles. The number of nitrogens with zero attached hydrogens (tertiary/aromatic N) is 1. The van der Waals surface area contributed by atoms with Crippen LogP contribution >= 0.6 is 45.8 Å². The SMILES string of the molecule is CC(CCc1ccc(Cl)c(Cl)c1)N1CCC(I)CC1. The Labute approximate surface area is 139 Å². The summed E-state index contributed by atoms with van der Waals surface area (Å²) in [5, 5.41) is 1.31.